The third-order valence-corrected chi connectivity index (χ3v) is 3.53. The predicted octanol–water partition coefficient (Wildman–Crippen LogP) is 3.63. The maximum Gasteiger partial charge on any atom is 0.292 e. The van der Waals surface area contributed by atoms with Crippen LogP contribution >= 0.6 is 22.9 Å². The lowest BCUT2D eigenvalue weighted by Crippen LogP contribution is -2.03. The summed E-state index contributed by atoms with van der Waals surface area (Å²) in [4.78, 5) is 15.4. The molecule has 18 heavy (non-hydrogen) atoms. The maximum absolute atomic E-state index is 10.9. The number of hydrogen-bond acceptors (Lipinski definition) is 5. The van der Waals surface area contributed by atoms with Crippen molar-refractivity contribution < 1.29 is 4.92 Å². The van der Waals surface area contributed by atoms with Gasteiger partial charge in [0.2, 0.25) is 0 Å². The van der Waals surface area contributed by atoms with Gasteiger partial charge in [0.1, 0.15) is 5.69 Å². The van der Waals surface area contributed by atoms with Gasteiger partial charge in [0.05, 0.1) is 11.5 Å². The number of nitro benzene ring substituents is 1. The lowest BCUT2D eigenvalue weighted by atomic mass is 10.1. The zero-order chi connectivity index (χ0) is 13.1. The summed E-state index contributed by atoms with van der Waals surface area (Å²) in [6.07, 6.45) is 1.66. The van der Waals surface area contributed by atoms with Gasteiger partial charge >= 0.3 is 0 Å². The van der Waals surface area contributed by atoms with E-state index in [0.717, 1.165) is 10.4 Å². The standard InChI is InChI=1S/C11H10ClN3O2S/c1-7-3-2-4-9(15(16)17)10(7)13-5-8-6-14-11(12)18-8/h2-4,6,13H,5H2,1H3. The van der Waals surface area contributed by atoms with Crippen LogP contribution in [0.25, 0.3) is 0 Å². The van der Waals surface area contributed by atoms with E-state index >= 15 is 0 Å². The molecule has 0 aliphatic carbocycles. The van der Waals surface area contributed by atoms with Crippen LogP contribution in [0, 0.1) is 17.0 Å². The van der Waals surface area contributed by atoms with E-state index in [1.165, 1.54) is 17.4 Å². The topological polar surface area (TPSA) is 68.1 Å². The summed E-state index contributed by atoms with van der Waals surface area (Å²) in [6, 6.07) is 4.98. The first-order valence-corrected chi connectivity index (χ1v) is 6.35. The van der Waals surface area contributed by atoms with Gasteiger partial charge in [-0.15, -0.1) is 11.3 Å². The number of thiazole rings is 1. The van der Waals surface area contributed by atoms with Crippen LogP contribution < -0.4 is 5.32 Å². The molecule has 2 aromatic rings. The zero-order valence-corrected chi connectivity index (χ0v) is 11.1. The first-order valence-electron chi connectivity index (χ1n) is 5.16. The van der Waals surface area contributed by atoms with Gasteiger partial charge in [-0.2, -0.15) is 0 Å². The smallest absolute Gasteiger partial charge is 0.292 e. The largest absolute Gasteiger partial charge is 0.374 e. The highest BCUT2D eigenvalue weighted by Gasteiger charge is 2.15. The number of aromatic nitrogens is 1. The monoisotopic (exact) mass is 283 g/mol. The molecular weight excluding hydrogens is 274 g/mol. The number of nitrogens with zero attached hydrogens (tertiary/aromatic N) is 2. The number of anilines is 1. The normalized spacial score (nSPS) is 10.3. The second-order valence-corrected chi connectivity index (χ2v) is 5.36. The Hall–Kier alpha value is -1.66. The van der Waals surface area contributed by atoms with Crippen molar-refractivity contribution in [3.8, 4) is 0 Å². The van der Waals surface area contributed by atoms with Crippen LogP contribution in [-0.2, 0) is 6.54 Å². The highest BCUT2D eigenvalue weighted by molar-refractivity contribution is 7.15. The molecule has 94 valence electrons. The molecule has 0 saturated heterocycles. The van der Waals surface area contributed by atoms with Gasteiger partial charge in [-0.1, -0.05) is 23.7 Å². The molecule has 0 aliphatic rings. The molecule has 0 bridgehead atoms. The van der Waals surface area contributed by atoms with Crippen LogP contribution in [0.3, 0.4) is 0 Å². The Labute approximate surface area is 113 Å². The Morgan fingerprint density at radius 2 is 2.33 bits per heavy atom. The third kappa shape index (κ3) is 2.77. The molecule has 2 rings (SSSR count). The lowest BCUT2D eigenvalue weighted by molar-refractivity contribution is -0.384. The van der Waals surface area contributed by atoms with E-state index in [4.69, 9.17) is 11.6 Å². The number of hydrogen-bond donors (Lipinski definition) is 1. The molecule has 1 heterocycles. The molecule has 1 aromatic carbocycles. The molecule has 0 fully saturated rings. The molecule has 0 amide bonds. The Morgan fingerprint density at radius 1 is 1.56 bits per heavy atom. The maximum atomic E-state index is 10.9. The number of rotatable bonds is 4. The number of halogens is 1. The van der Waals surface area contributed by atoms with Gasteiger partial charge in [0.25, 0.3) is 5.69 Å². The van der Waals surface area contributed by atoms with Crippen LogP contribution in [0.1, 0.15) is 10.4 Å². The molecule has 7 heteroatoms. The fraction of sp³-hybridized carbons (Fsp3) is 0.182. The van der Waals surface area contributed by atoms with Crippen molar-refractivity contribution in [1.29, 1.82) is 0 Å². The van der Waals surface area contributed by atoms with Crippen molar-refractivity contribution in [3.05, 3.63) is 49.4 Å². The Balaban J connectivity index is 2.20. The number of para-hydroxylation sites is 1. The Morgan fingerprint density at radius 3 is 2.94 bits per heavy atom. The van der Waals surface area contributed by atoms with Gasteiger partial charge in [-0.3, -0.25) is 10.1 Å². The Bertz CT molecular complexity index is 585. The van der Waals surface area contributed by atoms with E-state index in [2.05, 4.69) is 10.3 Å². The minimum Gasteiger partial charge on any atom is -0.374 e. The van der Waals surface area contributed by atoms with Crippen LogP contribution in [0.4, 0.5) is 11.4 Å². The number of aryl methyl sites for hydroxylation is 1. The summed E-state index contributed by atoms with van der Waals surface area (Å²) in [5.74, 6) is 0. The van der Waals surface area contributed by atoms with Crippen molar-refractivity contribution in [2.75, 3.05) is 5.32 Å². The molecule has 0 aliphatic heterocycles. The van der Waals surface area contributed by atoms with E-state index in [9.17, 15) is 10.1 Å². The van der Waals surface area contributed by atoms with Gasteiger partial charge < -0.3 is 5.32 Å². The van der Waals surface area contributed by atoms with Crippen molar-refractivity contribution in [2.24, 2.45) is 0 Å². The van der Waals surface area contributed by atoms with Crippen molar-refractivity contribution in [2.45, 2.75) is 13.5 Å². The number of nitro groups is 1. The fourth-order valence-electron chi connectivity index (χ4n) is 1.58. The summed E-state index contributed by atoms with van der Waals surface area (Å²) in [5, 5.41) is 14.0. The summed E-state index contributed by atoms with van der Waals surface area (Å²) >= 11 is 7.08. The Kier molecular flexibility index (Phi) is 3.78. The van der Waals surface area contributed by atoms with Crippen molar-refractivity contribution in [1.82, 2.24) is 4.98 Å². The number of benzene rings is 1. The summed E-state index contributed by atoms with van der Waals surface area (Å²) < 4.78 is 0.464. The highest BCUT2D eigenvalue weighted by Crippen LogP contribution is 2.28. The number of nitrogens with one attached hydrogen (secondary N) is 1. The third-order valence-electron chi connectivity index (χ3n) is 2.41. The molecule has 1 aromatic heterocycles. The summed E-state index contributed by atoms with van der Waals surface area (Å²) in [5.41, 5.74) is 1.44. The average molecular weight is 284 g/mol. The molecule has 0 spiro atoms. The molecule has 0 radical (unpaired) electrons. The first kappa shape index (κ1) is 12.8. The van der Waals surface area contributed by atoms with E-state index in [1.54, 1.807) is 12.3 Å². The second-order valence-electron chi connectivity index (χ2n) is 3.66. The van der Waals surface area contributed by atoms with Crippen LogP contribution in [0.5, 0.6) is 0 Å². The van der Waals surface area contributed by atoms with Gasteiger partial charge in [-0.25, -0.2) is 4.98 Å². The molecule has 1 N–H and O–H groups in total. The first-order chi connectivity index (χ1) is 8.58. The quantitative estimate of drug-likeness (QED) is 0.687. The SMILES string of the molecule is Cc1cccc([N+](=O)[O-])c1NCc1cnc(Cl)s1. The van der Waals surface area contributed by atoms with E-state index in [-0.39, 0.29) is 5.69 Å². The van der Waals surface area contributed by atoms with Crippen LogP contribution in [0.15, 0.2) is 24.4 Å². The van der Waals surface area contributed by atoms with E-state index in [0.29, 0.717) is 16.7 Å². The van der Waals surface area contributed by atoms with Gasteiger partial charge in [0, 0.05) is 17.1 Å². The van der Waals surface area contributed by atoms with Crippen molar-refractivity contribution >= 4 is 34.3 Å². The van der Waals surface area contributed by atoms with E-state index < -0.39 is 4.92 Å². The molecule has 0 atom stereocenters. The predicted molar refractivity (Wildman–Crippen MR) is 72.3 cm³/mol. The summed E-state index contributed by atoms with van der Waals surface area (Å²) in [7, 11) is 0. The molecule has 5 nitrogen and oxygen atoms in total. The second kappa shape index (κ2) is 5.32. The van der Waals surface area contributed by atoms with Gasteiger partial charge in [-0.05, 0) is 12.5 Å². The molecule has 0 unspecified atom stereocenters. The minimum atomic E-state index is -0.394. The summed E-state index contributed by atoms with van der Waals surface area (Å²) in [6.45, 7) is 2.30. The molecular formula is C11H10ClN3O2S. The van der Waals surface area contributed by atoms with E-state index in [1.807, 2.05) is 13.0 Å². The highest BCUT2D eigenvalue weighted by atomic mass is 35.5. The van der Waals surface area contributed by atoms with Crippen molar-refractivity contribution in [3.63, 3.8) is 0 Å². The minimum absolute atomic E-state index is 0.0746. The average Bonchev–Trinajstić information content (AvgIpc) is 2.73. The van der Waals surface area contributed by atoms with Crippen LogP contribution in [-0.4, -0.2) is 9.91 Å². The van der Waals surface area contributed by atoms with Crippen LogP contribution in [0.2, 0.25) is 4.47 Å². The lowest BCUT2D eigenvalue weighted by Gasteiger charge is -2.08. The van der Waals surface area contributed by atoms with Gasteiger partial charge in [0.15, 0.2) is 4.47 Å². The fourth-order valence-corrected chi connectivity index (χ4v) is 2.49. The molecule has 0 saturated carbocycles. The zero-order valence-electron chi connectivity index (χ0n) is 9.51.